The van der Waals surface area contributed by atoms with E-state index >= 15 is 0 Å². The molecule has 0 saturated carbocycles. The molecule has 2 rings (SSSR count). The SMILES string of the molecule is COc1nc(C)c(Br)c2ccccc12. The quantitative estimate of drug-likeness (QED) is 0.776. The summed E-state index contributed by atoms with van der Waals surface area (Å²) in [5.41, 5.74) is 0.945. The molecule has 3 heteroatoms. The molecule has 0 spiro atoms. The highest BCUT2D eigenvalue weighted by atomic mass is 79.9. The summed E-state index contributed by atoms with van der Waals surface area (Å²) in [5.74, 6) is 0.682. The average molecular weight is 252 g/mol. The molecule has 1 aromatic heterocycles. The molecule has 2 nitrogen and oxygen atoms in total. The van der Waals surface area contributed by atoms with Gasteiger partial charge in [-0.05, 0) is 28.9 Å². The lowest BCUT2D eigenvalue weighted by molar-refractivity contribution is 0.402. The largest absolute Gasteiger partial charge is 0.481 e. The van der Waals surface area contributed by atoms with E-state index < -0.39 is 0 Å². The number of ether oxygens (including phenoxy) is 1. The van der Waals surface area contributed by atoms with Gasteiger partial charge in [-0.15, -0.1) is 0 Å². The van der Waals surface area contributed by atoms with E-state index in [4.69, 9.17) is 4.74 Å². The van der Waals surface area contributed by atoms with Crippen LogP contribution in [0, 0.1) is 6.92 Å². The van der Waals surface area contributed by atoms with Crippen molar-refractivity contribution in [1.29, 1.82) is 0 Å². The van der Waals surface area contributed by atoms with Crippen LogP contribution < -0.4 is 4.74 Å². The van der Waals surface area contributed by atoms with E-state index in [0.29, 0.717) is 5.88 Å². The highest BCUT2D eigenvalue weighted by Crippen LogP contribution is 2.31. The summed E-state index contributed by atoms with van der Waals surface area (Å²) in [4.78, 5) is 4.35. The van der Waals surface area contributed by atoms with Crippen molar-refractivity contribution in [2.45, 2.75) is 6.92 Å². The highest BCUT2D eigenvalue weighted by molar-refractivity contribution is 9.10. The number of halogens is 1. The van der Waals surface area contributed by atoms with E-state index in [0.717, 1.165) is 20.9 Å². The van der Waals surface area contributed by atoms with Crippen LogP contribution in [0.5, 0.6) is 5.88 Å². The molecular formula is C11H10BrNO. The molecular weight excluding hydrogens is 242 g/mol. The molecule has 0 saturated heterocycles. The van der Waals surface area contributed by atoms with Gasteiger partial charge in [-0.25, -0.2) is 4.98 Å². The number of methoxy groups -OCH3 is 1. The van der Waals surface area contributed by atoms with Crippen LogP contribution in [0.4, 0.5) is 0 Å². The van der Waals surface area contributed by atoms with Gasteiger partial charge < -0.3 is 4.74 Å². The molecule has 0 atom stereocenters. The predicted octanol–water partition coefficient (Wildman–Crippen LogP) is 3.31. The first-order valence-corrected chi connectivity index (χ1v) is 5.12. The minimum absolute atomic E-state index is 0.682. The highest BCUT2D eigenvalue weighted by Gasteiger charge is 2.08. The summed E-state index contributed by atoms with van der Waals surface area (Å²) in [6.45, 7) is 1.96. The smallest absolute Gasteiger partial charge is 0.221 e. The van der Waals surface area contributed by atoms with Gasteiger partial charge in [-0.3, -0.25) is 0 Å². The lowest BCUT2D eigenvalue weighted by Gasteiger charge is -2.08. The molecule has 0 N–H and O–H groups in total. The van der Waals surface area contributed by atoms with Crippen molar-refractivity contribution >= 4 is 26.7 Å². The number of fused-ring (bicyclic) bond motifs is 1. The summed E-state index contributed by atoms with van der Waals surface area (Å²) < 4.78 is 6.27. The summed E-state index contributed by atoms with van der Waals surface area (Å²) in [7, 11) is 1.64. The molecule has 0 amide bonds. The van der Waals surface area contributed by atoms with Crippen LogP contribution in [-0.2, 0) is 0 Å². The number of benzene rings is 1. The summed E-state index contributed by atoms with van der Waals surface area (Å²) >= 11 is 3.53. The Hall–Kier alpha value is -1.09. The molecule has 0 bridgehead atoms. The lowest BCUT2D eigenvalue weighted by Crippen LogP contribution is -1.93. The molecule has 1 heterocycles. The van der Waals surface area contributed by atoms with E-state index in [9.17, 15) is 0 Å². The normalized spacial score (nSPS) is 10.5. The zero-order chi connectivity index (χ0) is 10.1. The molecule has 14 heavy (non-hydrogen) atoms. The van der Waals surface area contributed by atoms with E-state index in [1.807, 2.05) is 25.1 Å². The van der Waals surface area contributed by atoms with Gasteiger partial charge in [0.15, 0.2) is 0 Å². The van der Waals surface area contributed by atoms with E-state index in [1.54, 1.807) is 7.11 Å². The molecule has 0 fully saturated rings. The Morgan fingerprint density at radius 3 is 2.50 bits per heavy atom. The second kappa shape index (κ2) is 3.58. The van der Waals surface area contributed by atoms with Gasteiger partial charge in [0.2, 0.25) is 5.88 Å². The second-order valence-corrected chi connectivity index (χ2v) is 3.86. The van der Waals surface area contributed by atoms with Crippen molar-refractivity contribution in [3.8, 4) is 5.88 Å². The van der Waals surface area contributed by atoms with Gasteiger partial charge in [0.1, 0.15) is 0 Å². The minimum atomic E-state index is 0.682. The topological polar surface area (TPSA) is 22.1 Å². The number of hydrogen-bond donors (Lipinski definition) is 0. The molecule has 0 aliphatic carbocycles. The Balaban J connectivity index is 2.89. The number of pyridine rings is 1. The molecule has 0 radical (unpaired) electrons. The molecule has 2 aromatic rings. The van der Waals surface area contributed by atoms with Gasteiger partial charge in [-0.2, -0.15) is 0 Å². The zero-order valence-corrected chi connectivity index (χ0v) is 9.63. The van der Waals surface area contributed by atoms with Crippen LogP contribution in [-0.4, -0.2) is 12.1 Å². The number of rotatable bonds is 1. The maximum absolute atomic E-state index is 5.23. The number of nitrogens with zero attached hydrogens (tertiary/aromatic N) is 1. The third-order valence-electron chi connectivity index (χ3n) is 2.17. The van der Waals surface area contributed by atoms with Crippen molar-refractivity contribution in [3.05, 3.63) is 34.4 Å². The van der Waals surface area contributed by atoms with Crippen molar-refractivity contribution in [2.24, 2.45) is 0 Å². The number of aromatic nitrogens is 1. The van der Waals surface area contributed by atoms with E-state index in [2.05, 4.69) is 27.0 Å². The van der Waals surface area contributed by atoms with Gasteiger partial charge in [-0.1, -0.05) is 18.2 Å². The van der Waals surface area contributed by atoms with Crippen LogP contribution >= 0.6 is 15.9 Å². The monoisotopic (exact) mass is 251 g/mol. The maximum atomic E-state index is 5.23. The van der Waals surface area contributed by atoms with Crippen LogP contribution in [0.1, 0.15) is 5.69 Å². The maximum Gasteiger partial charge on any atom is 0.221 e. The minimum Gasteiger partial charge on any atom is -0.481 e. The van der Waals surface area contributed by atoms with E-state index in [1.165, 1.54) is 0 Å². The van der Waals surface area contributed by atoms with Crippen molar-refractivity contribution in [1.82, 2.24) is 4.98 Å². The Morgan fingerprint density at radius 1 is 1.21 bits per heavy atom. The average Bonchev–Trinajstić information content (AvgIpc) is 2.23. The molecule has 1 aromatic carbocycles. The standard InChI is InChI=1S/C11H10BrNO/c1-7-10(12)8-5-3-4-6-9(8)11(13-7)14-2/h3-6H,1-2H3. The van der Waals surface area contributed by atoms with Crippen LogP contribution in [0.25, 0.3) is 10.8 Å². The lowest BCUT2D eigenvalue weighted by atomic mass is 10.1. The van der Waals surface area contributed by atoms with Crippen LogP contribution in [0.2, 0.25) is 0 Å². The summed E-state index contributed by atoms with van der Waals surface area (Å²) in [6.07, 6.45) is 0. The molecule has 0 aliphatic rings. The number of aryl methyl sites for hydroxylation is 1. The fourth-order valence-electron chi connectivity index (χ4n) is 1.47. The predicted molar refractivity (Wildman–Crippen MR) is 60.7 cm³/mol. The van der Waals surface area contributed by atoms with Crippen LogP contribution in [0.3, 0.4) is 0 Å². The molecule has 0 unspecified atom stereocenters. The third kappa shape index (κ3) is 1.38. The Morgan fingerprint density at radius 2 is 1.86 bits per heavy atom. The van der Waals surface area contributed by atoms with Crippen molar-refractivity contribution < 1.29 is 4.74 Å². The van der Waals surface area contributed by atoms with Gasteiger partial charge in [0, 0.05) is 15.2 Å². The van der Waals surface area contributed by atoms with Gasteiger partial charge >= 0.3 is 0 Å². The zero-order valence-electron chi connectivity index (χ0n) is 8.04. The number of hydrogen-bond acceptors (Lipinski definition) is 2. The van der Waals surface area contributed by atoms with Crippen LogP contribution in [0.15, 0.2) is 28.7 Å². The second-order valence-electron chi connectivity index (χ2n) is 3.07. The van der Waals surface area contributed by atoms with Gasteiger partial charge in [0.05, 0.1) is 12.8 Å². The summed E-state index contributed by atoms with van der Waals surface area (Å²) in [6, 6.07) is 8.04. The first-order chi connectivity index (χ1) is 6.74. The Bertz CT molecular complexity index is 482. The van der Waals surface area contributed by atoms with E-state index in [-0.39, 0.29) is 0 Å². The fraction of sp³-hybridized carbons (Fsp3) is 0.182. The Labute approximate surface area is 91.0 Å². The fourth-order valence-corrected chi connectivity index (χ4v) is 1.91. The van der Waals surface area contributed by atoms with Crippen molar-refractivity contribution in [3.63, 3.8) is 0 Å². The first kappa shape index (κ1) is 9.46. The van der Waals surface area contributed by atoms with Crippen molar-refractivity contribution in [2.75, 3.05) is 7.11 Å². The summed E-state index contributed by atoms with van der Waals surface area (Å²) in [5, 5.41) is 2.17. The molecule has 0 aliphatic heterocycles. The van der Waals surface area contributed by atoms with Gasteiger partial charge in [0.25, 0.3) is 0 Å². The third-order valence-corrected chi connectivity index (χ3v) is 3.18. The molecule has 72 valence electrons. The Kier molecular flexibility index (Phi) is 2.42. The first-order valence-electron chi connectivity index (χ1n) is 4.33.